The smallest absolute Gasteiger partial charge is 0.0857 e. The Hall–Kier alpha value is -2.00. The second-order valence-electron chi connectivity index (χ2n) is 4.45. The summed E-state index contributed by atoms with van der Waals surface area (Å²) in [4.78, 5) is 0. The third-order valence-electron chi connectivity index (χ3n) is 2.89. The highest BCUT2D eigenvalue weighted by atomic mass is 15.1. The average molecular weight is 253 g/mol. The van der Waals surface area contributed by atoms with Crippen LogP contribution in [0.25, 0.3) is 0 Å². The third kappa shape index (κ3) is 4.64. The molecule has 19 heavy (non-hydrogen) atoms. The lowest BCUT2D eigenvalue weighted by Crippen LogP contribution is -1.98. The number of azo groups is 1. The van der Waals surface area contributed by atoms with Crippen molar-refractivity contribution in [1.82, 2.24) is 0 Å². The molecule has 0 unspecified atom stereocenters. The number of hydrogen-bond donors (Lipinski definition) is 1. The topological polar surface area (TPSA) is 50.7 Å². The van der Waals surface area contributed by atoms with Crippen molar-refractivity contribution in [2.45, 2.75) is 19.3 Å². The first-order chi connectivity index (χ1) is 9.38. The van der Waals surface area contributed by atoms with E-state index in [9.17, 15) is 0 Å². The van der Waals surface area contributed by atoms with Gasteiger partial charge in [0.2, 0.25) is 0 Å². The molecule has 0 heterocycles. The van der Waals surface area contributed by atoms with Gasteiger partial charge < -0.3 is 5.73 Å². The Bertz CT molecular complexity index is 503. The number of benzene rings is 2. The normalized spacial score (nSPS) is 11.0. The summed E-state index contributed by atoms with van der Waals surface area (Å²) in [6, 6.07) is 18.0. The van der Waals surface area contributed by atoms with Gasteiger partial charge in [-0.2, -0.15) is 10.2 Å². The molecule has 2 rings (SSSR count). The van der Waals surface area contributed by atoms with Gasteiger partial charge in [-0.3, -0.25) is 0 Å². The quantitative estimate of drug-likeness (QED) is 0.602. The van der Waals surface area contributed by atoms with Crippen molar-refractivity contribution in [3.05, 3.63) is 60.2 Å². The van der Waals surface area contributed by atoms with Gasteiger partial charge in [0, 0.05) is 0 Å². The standard InChI is InChI=1S/C16H19N3/c17-13-5-4-6-14-9-11-16(12-10-14)19-18-15-7-2-1-3-8-15/h1-3,7-12H,4-6,13,17H2. The lowest BCUT2D eigenvalue weighted by Gasteiger charge is -2.00. The van der Waals surface area contributed by atoms with Crippen LogP contribution in [0.4, 0.5) is 11.4 Å². The SMILES string of the molecule is NCCCCc1ccc(N=Nc2ccccc2)cc1. The molecule has 0 radical (unpaired) electrons. The van der Waals surface area contributed by atoms with E-state index < -0.39 is 0 Å². The van der Waals surface area contributed by atoms with Gasteiger partial charge in [-0.05, 0) is 55.6 Å². The summed E-state index contributed by atoms with van der Waals surface area (Å²) in [6.07, 6.45) is 3.30. The zero-order valence-corrected chi connectivity index (χ0v) is 11.0. The van der Waals surface area contributed by atoms with Crippen LogP contribution in [-0.4, -0.2) is 6.54 Å². The van der Waals surface area contributed by atoms with Gasteiger partial charge in [0.25, 0.3) is 0 Å². The van der Waals surface area contributed by atoms with Gasteiger partial charge in [-0.1, -0.05) is 30.3 Å². The maximum atomic E-state index is 5.48. The molecular weight excluding hydrogens is 234 g/mol. The molecule has 0 saturated carbocycles. The second kappa shape index (κ2) is 7.44. The first-order valence-electron chi connectivity index (χ1n) is 6.64. The van der Waals surface area contributed by atoms with Gasteiger partial charge in [0.05, 0.1) is 11.4 Å². The Morgan fingerprint density at radius 3 is 2.00 bits per heavy atom. The minimum atomic E-state index is 0.767. The van der Waals surface area contributed by atoms with E-state index in [-0.39, 0.29) is 0 Å². The molecule has 0 fully saturated rings. The summed E-state index contributed by atoms with van der Waals surface area (Å²) in [6.45, 7) is 0.767. The van der Waals surface area contributed by atoms with Crippen molar-refractivity contribution in [2.24, 2.45) is 16.0 Å². The fraction of sp³-hybridized carbons (Fsp3) is 0.250. The Kier molecular flexibility index (Phi) is 5.26. The summed E-state index contributed by atoms with van der Waals surface area (Å²) in [7, 11) is 0. The number of hydrogen-bond acceptors (Lipinski definition) is 3. The second-order valence-corrected chi connectivity index (χ2v) is 4.45. The fourth-order valence-electron chi connectivity index (χ4n) is 1.81. The molecule has 0 aliphatic heterocycles. The van der Waals surface area contributed by atoms with E-state index in [1.165, 1.54) is 5.56 Å². The van der Waals surface area contributed by atoms with Crippen LogP contribution in [0.5, 0.6) is 0 Å². The Labute approximate surface area is 114 Å². The highest BCUT2D eigenvalue weighted by Gasteiger charge is 1.94. The molecule has 3 nitrogen and oxygen atoms in total. The van der Waals surface area contributed by atoms with Crippen LogP contribution in [0.3, 0.4) is 0 Å². The molecule has 0 spiro atoms. The molecule has 2 aromatic rings. The number of aryl methyl sites for hydroxylation is 1. The third-order valence-corrected chi connectivity index (χ3v) is 2.89. The van der Waals surface area contributed by atoms with E-state index in [0.29, 0.717) is 0 Å². The number of nitrogens with zero attached hydrogens (tertiary/aromatic N) is 2. The van der Waals surface area contributed by atoms with Gasteiger partial charge in [-0.25, -0.2) is 0 Å². The summed E-state index contributed by atoms with van der Waals surface area (Å²) in [5.41, 5.74) is 8.56. The first kappa shape index (κ1) is 13.4. The number of unbranched alkanes of at least 4 members (excludes halogenated alkanes) is 1. The molecule has 98 valence electrons. The maximum Gasteiger partial charge on any atom is 0.0857 e. The van der Waals surface area contributed by atoms with Crippen LogP contribution >= 0.6 is 0 Å². The highest BCUT2D eigenvalue weighted by molar-refractivity contribution is 5.40. The van der Waals surface area contributed by atoms with E-state index >= 15 is 0 Å². The van der Waals surface area contributed by atoms with Crippen LogP contribution in [0.2, 0.25) is 0 Å². The van der Waals surface area contributed by atoms with Crippen molar-refractivity contribution in [1.29, 1.82) is 0 Å². The molecule has 0 aliphatic carbocycles. The van der Waals surface area contributed by atoms with E-state index in [2.05, 4.69) is 22.4 Å². The summed E-state index contributed by atoms with van der Waals surface area (Å²) >= 11 is 0. The van der Waals surface area contributed by atoms with Crippen molar-refractivity contribution in [3.8, 4) is 0 Å². The molecule has 0 aromatic heterocycles. The predicted octanol–water partition coefficient (Wildman–Crippen LogP) is 4.38. The van der Waals surface area contributed by atoms with E-state index in [0.717, 1.165) is 37.2 Å². The predicted molar refractivity (Wildman–Crippen MR) is 79.1 cm³/mol. The summed E-state index contributed by atoms with van der Waals surface area (Å²) in [5, 5.41) is 8.41. The van der Waals surface area contributed by atoms with Crippen LogP contribution in [0.1, 0.15) is 18.4 Å². The molecule has 0 bridgehead atoms. The number of nitrogens with two attached hydrogens (primary N) is 1. The largest absolute Gasteiger partial charge is 0.330 e. The van der Waals surface area contributed by atoms with E-state index in [4.69, 9.17) is 5.73 Å². The van der Waals surface area contributed by atoms with Crippen molar-refractivity contribution >= 4 is 11.4 Å². The lowest BCUT2D eigenvalue weighted by atomic mass is 10.1. The van der Waals surface area contributed by atoms with E-state index in [1.807, 2.05) is 42.5 Å². The van der Waals surface area contributed by atoms with Crippen LogP contribution in [-0.2, 0) is 6.42 Å². The van der Waals surface area contributed by atoms with E-state index in [1.54, 1.807) is 0 Å². The minimum Gasteiger partial charge on any atom is -0.330 e. The maximum absolute atomic E-state index is 5.48. The summed E-state index contributed by atoms with van der Waals surface area (Å²) in [5.74, 6) is 0. The molecule has 2 aromatic carbocycles. The molecule has 0 amide bonds. The lowest BCUT2D eigenvalue weighted by molar-refractivity contribution is 0.745. The fourth-order valence-corrected chi connectivity index (χ4v) is 1.81. The van der Waals surface area contributed by atoms with Crippen LogP contribution in [0.15, 0.2) is 64.8 Å². The summed E-state index contributed by atoms with van der Waals surface area (Å²) < 4.78 is 0. The molecule has 2 N–H and O–H groups in total. The minimum absolute atomic E-state index is 0.767. The Balaban J connectivity index is 1.93. The van der Waals surface area contributed by atoms with Crippen LogP contribution in [0, 0.1) is 0 Å². The highest BCUT2D eigenvalue weighted by Crippen LogP contribution is 2.18. The molecule has 0 aliphatic rings. The van der Waals surface area contributed by atoms with Crippen molar-refractivity contribution in [3.63, 3.8) is 0 Å². The van der Waals surface area contributed by atoms with Crippen molar-refractivity contribution in [2.75, 3.05) is 6.54 Å². The van der Waals surface area contributed by atoms with Crippen molar-refractivity contribution < 1.29 is 0 Å². The molecule has 3 heteroatoms. The molecular formula is C16H19N3. The Morgan fingerprint density at radius 1 is 0.737 bits per heavy atom. The van der Waals surface area contributed by atoms with Gasteiger partial charge in [0.15, 0.2) is 0 Å². The van der Waals surface area contributed by atoms with Gasteiger partial charge in [-0.15, -0.1) is 0 Å². The van der Waals surface area contributed by atoms with Crippen LogP contribution < -0.4 is 5.73 Å². The first-order valence-corrected chi connectivity index (χ1v) is 6.64. The van der Waals surface area contributed by atoms with Gasteiger partial charge in [0.1, 0.15) is 0 Å². The zero-order chi connectivity index (χ0) is 13.3. The van der Waals surface area contributed by atoms with Gasteiger partial charge >= 0.3 is 0 Å². The number of rotatable bonds is 6. The Morgan fingerprint density at radius 2 is 1.37 bits per heavy atom. The molecule has 0 saturated heterocycles. The zero-order valence-electron chi connectivity index (χ0n) is 11.0. The average Bonchev–Trinajstić information content (AvgIpc) is 2.48. The molecule has 0 atom stereocenters. The monoisotopic (exact) mass is 253 g/mol.